The van der Waals surface area contributed by atoms with Gasteiger partial charge in [0.2, 0.25) is 0 Å². The molecule has 28 heavy (non-hydrogen) atoms. The zero-order valence-electron chi connectivity index (χ0n) is 14.6. The van der Waals surface area contributed by atoms with Crippen LogP contribution in [0.5, 0.6) is 0 Å². The summed E-state index contributed by atoms with van der Waals surface area (Å²) in [6.07, 6.45) is -3.74. The number of hydrogen-bond acceptors (Lipinski definition) is 5. The van der Waals surface area contributed by atoms with Crippen molar-refractivity contribution in [3.05, 3.63) is 42.0 Å². The SMILES string of the molecule is O=C(O)c1cc(-c2ccccc2)nc2nc(N3CCCC(C(F)(F)F)C3)sc12. The van der Waals surface area contributed by atoms with Crippen molar-refractivity contribution in [2.45, 2.75) is 19.0 Å². The summed E-state index contributed by atoms with van der Waals surface area (Å²) in [5.74, 6) is -2.52. The molecule has 1 atom stereocenters. The molecular formula is C19H16F3N3O2S. The van der Waals surface area contributed by atoms with Gasteiger partial charge in [0, 0.05) is 18.7 Å². The van der Waals surface area contributed by atoms with Crippen LogP contribution in [0.1, 0.15) is 23.2 Å². The maximum Gasteiger partial charge on any atom is 0.393 e. The number of rotatable bonds is 3. The van der Waals surface area contributed by atoms with Gasteiger partial charge in [0.25, 0.3) is 0 Å². The average molecular weight is 407 g/mol. The van der Waals surface area contributed by atoms with E-state index in [4.69, 9.17) is 0 Å². The van der Waals surface area contributed by atoms with Gasteiger partial charge in [-0.15, -0.1) is 0 Å². The number of carboxylic acid groups (broad SMARTS) is 1. The van der Waals surface area contributed by atoms with E-state index < -0.39 is 18.1 Å². The van der Waals surface area contributed by atoms with Crippen LogP contribution in [0.2, 0.25) is 0 Å². The molecule has 1 saturated heterocycles. The van der Waals surface area contributed by atoms with E-state index in [1.54, 1.807) is 4.90 Å². The highest BCUT2D eigenvalue weighted by Crippen LogP contribution is 2.38. The highest BCUT2D eigenvalue weighted by Gasteiger charge is 2.42. The van der Waals surface area contributed by atoms with E-state index in [0.29, 0.717) is 28.5 Å². The number of thiazole rings is 1. The monoisotopic (exact) mass is 407 g/mol. The molecule has 4 rings (SSSR count). The molecule has 0 saturated carbocycles. The van der Waals surface area contributed by atoms with E-state index >= 15 is 0 Å². The Morgan fingerprint density at radius 3 is 2.64 bits per heavy atom. The Morgan fingerprint density at radius 1 is 1.21 bits per heavy atom. The molecule has 1 N–H and O–H groups in total. The molecule has 146 valence electrons. The van der Waals surface area contributed by atoms with E-state index in [2.05, 4.69) is 9.97 Å². The summed E-state index contributed by atoms with van der Waals surface area (Å²) in [5.41, 5.74) is 1.51. The second-order valence-electron chi connectivity index (χ2n) is 6.70. The fourth-order valence-corrected chi connectivity index (χ4v) is 4.42. The molecule has 0 spiro atoms. The molecule has 3 heterocycles. The Morgan fingerprint density at radius 2 is 1.96 bits per heavy atom. The van der Waals surface area contributed by atoms with Crippen LogP contribution < -0.4 is 4.90 Å². The Bertz CT molecular complexity index is 1020. The number of aromatic carboxylic acids is 1. The lowest BCUT2D eigenvalue weighted by Crippen LogP contribution is -2.41. The first-order chi connectivity index (χ1) is 13.3. The summed E-state index contributed by atoms with van der Waals surface area (Å²) in [7, 11) is 0. The molecule has 2 aromatic heterocycles. The molecular weight excluding hydrogens is 391 g/mol. The molecule has 0 aliphatic carbocycles. The molecule has 1 unspecified atom stereocenters. The summed E-state index contributed by atoms with van der Waals surface area (Å²) in [5, 5.41) is 9.99. The minimum absolute atomic E-state index is 0.0528. The summed E-state index contributed by atoms with van der Waals surface area (Å²) in [4.78, 5) is 22.2. The van der Waals surface area contributed by atoms with E-state index in [0.717, 1.165) is 16.9 Å². The van der Waals surface area contributed by atoms with Crippen LogP contribution in [0.4, 0.5) is 18.3 Å². The van der Waals surface area contributed by atoms with E-state index in [1.165, 1.54) is 6.07 Å². The first-order valence-corrected chi connectivity index (χ1v) is 9.56. The second kappa shape index (κ2) is 7.05. The molecule has 1 aliphatic heterocycles. The van der Waals surface area contributed by atoms with Gasteiger partial charge in [-0.2, -0.15) is 18.2 Å². The number of hydrogen-bond donors (Lipinski definition) is 1. The largest absolute Gasteiger partial charge is 0.478 e. The van der Waals surface area contributed by atoms with Crippen molar-refractivity contribution >= 4 is 32.8 Å². The van der Waals surface area contributed by atoms with Crippen molar-refractivity contribution in [2.75, 3.05) is 18.0 Å². The van der Waals surface area contributed by atoms with Crippen molar-refractivity contribution in [3.63, 3.8) is 0 Å². The third-order valence-corrected chi connectivity index (χ3v) is 5.94. The van der Waals surface area contributed by atoms with Crippen LogP contribution in [-0.4, -0.2) is 40.3 Å². The third kappa shape index (κ3) is 3.54. The number of benzene rings is 1. The van der Waals surface area contributed by atoms with Crippen LogP contribution in [0, 0.1) is 5.92 Å². The van der Waals surface area contributed by atoms with Gasteiger partial charge in [-0.25, -0.2) is 9.78 Å². The number of anilines is 1. The quantitative estimate of drug-likeness (QED) is 0.673. The zero-order chi connectivity index (χ0) is 19.9. The van der Waals surface area contributed by atoms with Crippen molar-refractivity contribution in [1.82, 2.24) is 9.97 Å². The fourth-order valence-electron chi connectivity index (χ4n) is 3.37. The number of halogens is 3. The standard InChI is InChI=1S/C19H16F3N3O2S/c20-19(21,22)12-7-4-8-25(10-12)18-24-16-15(28-18)13(17(26)27)9-14(23-16)11-5-2-1-3-6-11/h1-3,5-6,9,12H,4,7-8,10H2,(H,26,27). The number of aromatic nitrogens is 2. The van der Waals surface area contributed by atoms with Gasteiger partial charge in [-0.1, -0.05) is 41.7 Å². The topological polar surface area (TPSA) is 66.3 Å². The second-order valence-corrected chi connectivity index (χ2v) is 7.68. The van der Waals surface area contributed by atoms with Crippen LogP contribution >= 0.6 is 11.3 Å². The predicted octanol–water partition coefficient (Wildman–Crippen LogP) is 4.84. The number of nitrogens with zero attached hydrogens (tertiary/aromatic N) is 3. The van der Waals surface area contributed by atoms with Gasteiger partial charge in [0.1, 0.15) is 0 Å². The highest BCUT2D eigenvalue weighted by molar-refractivity contribution is 7.22. The minimum Gasteiger partial charge on any atom is -0.478 e. The maximum atomic E-state index is 13.1. The highest BCUT2D eigenvalue weighted by atomic mass is 32.1. The molecule has 0 radical (unpaired) electrons. The van der Waals surface area contributed by atoms with Gasteiger partial charge in [0.05, 0.1) is 21.9 Å². The molecule has 5 nitrogen and oxygen atoms in total. The van der Waals surface area contributed by atoms with Crippen LogP contribution in [0.3, 0.4) is 0 Å². The fraction of sp³-hybridized carbons (Fsp3) is 0.316. The van der Waals surface area contributed by atoms with Gasteiger partial charge < -0.3 is 10.0 Å². The Kier molecular flexibility index (Phi) is 4.70. The summed E-state index contributed by atoms with van der Waals surface area (Å²) in [6.45, 7) is 0.289. The maximum absolute atomic E-state index is 13.1. The zero-order valence-corrected chi connectivity index (χ0v) is 15.4. The summed E-state index contributed by atoms with van der Waals surface area (Å²) in [6, 6.07) is 10.6. The number of carboxylic acids is 1. The van der Waals surface area contributed by atoms with E-state index in [1.807, 2.05) is 30.3 Å². The van der Waals surface area contributed by atoms with Crippen molar-refractivity contribution < 1.29 is 23.1 Å². The van der Waals surface area contributed by atoms with Crippen molar-refractivity contribution in [2.24, 2.45) is 5.92 Å². The Hall–Kier alpha value is -2.68. The predicted molar refractivity (Wildman–Crippen MR) is 101 cm³/mol. The van der Waals surface area contributed by atoms with Crippen LogP contribution in [-0.2, 0) is 0 Å². The van der Waals surface area contributed by atoms with E-state index in [-0.39, 0.29) is 24.2 Å². The molecule has 3 aromatic rings. The van der Waals surface area contributed by atoms with Crippen molar-refractivity contribution in [3.8, 4) is 11.3 Å². The normalized spacial score (nSPS) is 17.8. The lowest BCUT2D eigenvalue weighted by Gasteiger charge is -2.33. The Labute approximate surface area is 162 Å². The minimum atomic E-state index is -4.25. The molecule has 0 amide bonds. The van der Waals surface area contributed by atoms with Crippen LogP contribution in [0.25, 0.3) is 21.6 Å². The van der Waals surface area contributed by atoms with Gasteiger partial charge in [-0.05, 0) is 18.9 Å². The smallest absolute Gasteiger partial charge is 0.393 e. The molecule has 1 aliphatic rings. The summed E-state index contributed by atoms with van der Waals surface area (Å²) < 4.78 is 39.7. The number of carbonyl (C=O) groups is 1. The first-order valence-electron chi connectivity index (χ1n) is 8.75. The van der Waals surface area contributed by atoms with E-state index in [9.17, 15) is 23.1 Å². The van der Waals surface area contributed by atoms with Crippen molar-refractivity contribution in [1.29, 1.82) is 0 Å². The first kappa shape index (κ1) is 18.7. The van der Waals surface area contributed by atoms with Gasteiger partial charge in [-0.3, -0.25) is 0 Å². The number of pyridine rings is 1. The average Bonchev–Trinajstić information content (AvgIpc) is 3.11. The number of alkyl halides is 3. The Balaban J connectivity index is 1.76. The van der Waals surface area contributed by atoms with Gasteiger partial charge in [0.15, 0.2) is 10.8 Å². The number of fused-ring (bicyclic) bond motifs is 1. The molecule has 1 fully saturated rings. The number of piperidine rings is 1. The lowest BCUT2D eigenvalue weighted by molar-refractivity contribution is -0.175. The molecule has 1 aromatic carbocycles. The summed E-state index contributed by atoms with van der Waals surface area (Å²) >= 11 is 1.08. The molecule has 9 heteroatoms. The lowest BCUT2D eigenvalue weighted by atomic mass is 9.98. The van der Waals surface area contributed by atoms with Crippen LogP contribution in [0.15, 0.2) is 36.4 Å². The van der Waals surface area contributed by atoms with Gasteiger partial charge >= 0.3 is 12.1 Å². The third-order valence-electron chi connectivity index (χ3n) is 4.80. The molecule has 0 bridgehead atoms.